The molecule has 0 amide bonds. The average molecular weight is 262 g/mol. The van der Waals surface area contributed by atoms with Gasteiger partial charge in [-0.05, 0) is 55.7 Å². The smallest absolute Gasteiger partial charge is 0.120 e. The molecule has 0 radical (unpaired) electrons. The van der Waals surface area contributed by atoms with Gasteiger partial charge in [0.15, 0.2) is 0 Å². The van der Waals surface area contributed by atoms with Gasteiger partial charge in [-0.2, -0.15) is 0 Å². The van der Waals surface area contributed by atoms with Crippen molar-refractivity contribution in [3.8, 4) is 5.75 Å². The van der Waals surface area contributed by atoms with Gasteiger partial charge in [0.2, 0.25) is 0 Å². The molecule has 0 heterocycles. The molecule has 0 saturated heterocycles. The summed E-state index contributed by atoms with van der Waals surface area (Å²) < 4.78 is 5.98. The van der Waals surface area contributed by atoms with Gasteiger partial charge in [0, 0.05) is 0 Å². The van der Waals surface area contributed by atoms with Crippen LogP contribution in [0.1, 0.15) is 66.9 Å². The van der Waals surface area contributed by atoms with Crippen LogP contribution in [-0.4, -0.2) is 5.60 Å². The molecule has 1 rings (SSSR count). The zero-order valence-corrected chi connectivity index (χ0v) is 13.9. The highest BCUT2D eigenvalue weighted by Crippen LogP contribution is 2.41. The minimum Gasteiger partial charge on any atom is -0.488 e. The van der Waals surface area contributed by atoms with E-state index in [2.05, 4.69) is 79.7 Å². The monoisotopic (exact) mass is 262 g/mol. The fourth-order valence-corrected chi connectivity index (χ4v) is 3.01. The first kappa shape index (κ1) is 16.1. The molecule has 19 heavy (non-hydrogen) atoms. The Balaban J connectivity index is 3.09. The maximum absolute atomic E-state index is 5.98. The van der Waals surface area contributed by atoms with E-state index in [1.807, 2.05) is 0 Å². The van der Waals surface area contributed by atoms with E-state index in [4.69, 9.17) is 4.74 Å². The molecule has 0 aromatic heterocycles. The number of hydrogen-bond donors (Lipinski definition) is 0. The first-order valence-corrected chi connectivity index (χ1v) is 7.29. The predicted molar refractivity (Wildman–Crippen MR) is 83.9 cm³/mol. The lowest BCUT2D eigenvalue weighted by Gasteiger charge is -2.35. The van der Waals surface area contributed by atoms with Crippen molar-refractivity contribution in [2.75, 3.05) is 0 Å². The zero-order chi connectivity index (χ0) is 14.8. The van der Waals surface area contributed by atoms with Gasteiger partial charge in [-0.1, -0.05) is 46.8 Å². The Hall–Kier alpha value is -0.980. The summed E-state index contributed by atoms with van der Waals surface area (Å²) in [6, 6.07) is 8.60. The lowest BCUT2D eigenvalue weighted by atomic mass is 9.70. The lowest BCUT2D eigenvalue weighted by Crippen LogP contribution is -2.25. The topological polar surface area (TPSA) is 9.23 Å². The molecule has 1 atom stereocenters. The Morgan fingerprint density at radius 2 is 1.53 bits per heavy atom. The summed E-state index contributed by atoms with van der Waals surface area (Å²) in [4.78, 5) is 0. The van der Waals surface area contributed by atoms with E-state index < -0.39 is 0 Å². The van der Waals surface area contributed by atoms with Gasteiger partial charge in [-0.3, -0.25) is 0 Å². The minimum absolute atomic E-state index is 0.145. The Labute approximate surface area is 119 Å². The van der Waals surface area contributed by atoms with Crippen LogP contribution in [0.3, 0.4) is 0 Å². The molecule has 0 spiro atoms. The van der Waals surface area contributed by atoms with Crippen molar-refractivity contribution in [3.63, 3.8) is 0 Å². The van der Waals surface area contributed by atoms with E-state index in [-0.39, 0.29) is 11.0 Å². The van der Waals surface area contributed by atoms with E-state index in [0.29, 0.717) is 11.8 Å². The van der Waals surface area contributed by atoms with Crippen LogP contribution in [-0.2, 0) is 0 Å². The number of benzene rings is 1. The van der Waals surface area contributed by atoms with Gasteiger partial charge in [0.25, 0.3) is 0 Å². The molecular weight excluding hydrogens is 232 g/mol. The van der Waals surface area contributed by atoms with E-state index in [0.717, 1.165) is 5.75 Å². The van der Waals surface area contributed by atoms with Crippen LogP contribution in [0.2, 0.25) is 0 Å². The molecule has 1 unspecified atom stereocenters. The van der Waals surface area contributed by atoms with Gasteiger partial charge in [-0.25, -0.2) is 0 Å². The quantitative estimate of drug-likeness (QED) is 0.684. The molecule has 1 aromatic carbocycles. The molecule has 1 heteroatoms. The summed E-state index contributed by atoms with van der Waals surface area (Å²) in [7, 11) is 0. The van der Waals surface area contributed by atoms with Crippen LogP contribution < -0.4 is 4.74 Å². The molecule has 0 saturated carbocycles. The zero-order valence-electron chi connectivity index (χ0n) is 13.9. The van der Waals surface area contributed by atoms with Gasteiger partial charge < -0.3 is 4.74 Å². The highest BCUT2D eigenvalue weighted by Gasteiger charge is 2.29. The summed E-state index contributed by atoms with van der Waals surface area (Å²) in [5.41, 5.74) is 1.49. The van der Waals surface area contributed by atoms with Crippen molar-refractivity contribution in [2.45, 2.75) is 66.9 Å². The van der Waals surface area contributed by atoms with Crippen LogP contribution in [0, 0.1) is 11.3 Å². The van der Waals surface area contributed by atoms with Crippen LogP contribution in [0.4, 0.5) is 0 Å². The molecule has 0 fully saturated rings. The highest BCUT2D eigenvalue weighted by molar-refractivity contribution is 5.32. The van der Waals surface area contributed by atoms with Crippen molar-refractivity contribution in [3.05, 3.63) is 29.8 Å². The third kappa shape index (κ3) is 4.89. The molecule has 0 bridgehead atoms. The minimum atomic E-state index is -0.145. The lowest BCUT2D eigenvalue weighted by molar-refractivity contribution is 0.130. The highest BCUT2D eigenvalue weighted by atomic mass is 16.5. The van der Waals surface area contributed by atoms with Crippen LogP contribution in [0.25, 0.3) is 0 Å². The van der Waals surface area contributed by atoms with Crippen molar-refractivity contribution in [1.82, 2.24) is 0 Å². The maximum atomic E-state index is 5.98. The Kier molecular flexibility index (Phi) is 4.71. The largest absolute Gasteiger partial charge is 0.488 e. The summed E-state index contributed by atoms with van der Waals surface area (Å²) in [6.45, 7) is 17.8. The van der Waals surface area contributed by atoms with Crippen molar-refractivity contribution in [1.29, 1.82) is 0 Å². The fourth-order valence-electron chi connectivity index (χ4n) is 3.01. The normalized spacial score (nSPS) is 14.6. The molecule has 1 nitrogen and oxygen atoms in total. The van der Waals surface area contributed by atoms with Crippen molar-refractivity contribution in [2.24, 2.45) is 11.3 Å². The van der Waals surface area contributed by atoms with Crippen molar-refractivity contribution < 1.29 is 4.74 Å². The summed E-state index contributed by atoms with van der Waals surface area (Å²) in [5.74, 6) is 2.13. The molecular formula is C18H30O. The van der Waals surface area contributed by atoms with Crippen molar-refractivity contribution >= 4 is 0 Å². The second-order valence-corrected chi connectivity index (χ2v) is 7.87. The van der Waals surface area contributed by atoms with E-state index >= 15 is 0 Å². The molecule has 0 aliphatic rings. The summed E-state index contributed by atoms with van der Waals surface area (Å²) >= 11 is 0. The van der Waals surface area contributed by atoms with E-state index in [1.54, 1.807) is 0 Å². The Bertz CT molecular complexity index is 404. The molecule has 0 aliphatic carbocycles. The first-order valence-electron chi connectivity index (χ1n) is 7.29. The SMILES string of the molecule is CC(C)C(c1cccc(OC(C)(C)C)c1)C(C)(C)C. The average Bonchev–Trinajstić information content (AvgIpc) is 2.11. The van der Waals surface area contributed by atoms with Crippen LogP contribution >= 0.6 is 0 Å². The standard InChI is InChI=1S/C18H30O/c1-13(2)16(17(3,4)5)14-10-9-11-15(12-14)19-18(6,7)8/h9-13,16H,1-8H3. The number of ether oxygens (including phenoxy) is 1. The predicted octanol–water partition coefficient (Wildman–Crippen LogP) is 5.65. The number of hydrogen-bond acceptors (Lipinski definition) is 1. The third-order valence-corrected chi connectivity index (χ3v) is 3.24. The summed E-state index contributed by atoms with van der Waals surface area (Å²) in [6.07, 6.45) is 0. The molecule has 1 aromatic rings. The third-order valence-electron chi connectivity index (χ3n) is 3.24. The van der Waals surface area contributed by atoms with Crippen LogP contribution in [0.15, 0.2) is 24.3 Å². The van der Waals surface area contributed by atoms with Crippen LogP contribution in [0.5, 0.6) is 5.75 Å². The van der Waals surface area contributed by atoms with E-state index in [9.17, 15) is 0 Å². The van der Waals surface area contributed by atoms with E-state index in [1.165, 1.54) is 5.56 Å². The Morgan fingerprint density at radius 3 is 1.95 bits per heavy atom. The van der Waals surface area contributed by atoms with Gasteiger partial charge in [0.1, 0.15) is 11.4 Å². The molecule has 0 N–H and O–H groups in total. The first-order chi connectivity index (χ1) is 8.50. The van der Waals surface area contributed by atoms with Gasteiger partial charge >= 0.3 is 0 Å². The van der Waals surface area contributed by atoms with Gasteiger partial charge in [0.05, 0.1) is 0 Å². The fraction of sp³-hybridized carbons (Fsp3) is 0.667. The van der Waals surface area contributed by atoms with Gasteiger partial charge in [-0.15, -0.1) is 0 Å². The second-order valence-electron chi connectivity index (χ2n) is 7.87. The Morgan fingerprint density at radius 1 is 0.947 bits per heavy atom. The number of rotatable bonds is 3. The second kappa shape index (κ2) is 5.56. The molecule has 108 valence electrons. The molecule has 0 aliphatic heterocycles. The maximum Gasteiger partial charge on any atom is 0.120 e. The summed E-state index contributed by atoms with van der Waals surface area (Å²) in [5, 5.41) is 0.